The second-order valence-corrected chi connectivity index (χ2v) is 8.50. The van der Waals surface area contributed by atoms with Gasteiger partial charge in [-0.1, -0.05) is 0 Å². The summed E-state index contributed by atoms with van der Waals surface area (Å²) in [6, 6.07) is 6.23. The van der Waals surface area contributed by atoms with Crippen LogP contribution in [0.4, 0.5) is 10.8 Å². The van der Waals surface area contributed by atoms with Crippen LogP contribution in [0.15, 0.2) is 34.5 Å². The fourth-order valence-corrected chi connectivity index (χ4v) is 4.25. The summed E-state index contributed by atoms with van der Waals surface area (Å²) in [6.45, 7) is 3.94. The Kier molecular flexibility index (Phi) is 5.76. The Bertz CT molecular complexity index is 949. The maximum Gasteiger partial charge on any atom is 0.238 e. The van der Waals surface area contributed by atoms with E-state index in [0.717, 1.165) is 32.1 Å². The van der Waals surface area contributed by atoms with Gasteiger partial charge < -0.3 is 5.32 Å². The molecule has 1 aromatic carbocycles. The highest BCUT2D eigenvalue weighted by molar-refractivity contribution is 8.93. The van der Waals surface area contributed by atoms with Crippen molar-refractivity contribution >= 4 is 60.5 Å². The molecule has 3 aromatic rings. The molecule has 3 N–H and O–H groups in total. The van der Waals surface area contributed by atoms with Gasteiger partial charge in [-0.25, -0.2) is 23.5 Å². The van der Waals surface area contributed by atoms with Gasteiger partial charge in [0.05, 0.1) is 26.2 Å². The molecule has 2 aromatic heterocycles. The Morgan fingerprint density at radius 2 is 1.79 bits per heavy atom. The number of aromatic nitrogens is 2. The predicted molar refractivity (Wildman–Crippen MR) is 104 cm³/mol. The van der Waals surface area contributed by atoms with Gasteiger partial charge in [0.2, 0.25) is 10.0 Å². The number of nitrogens with two attached hydrogens (primary N) is 1. The summed E-state index contributed by atoms with van der Waals surface area (Å²) in [5, 5.41) is 12.0. The monoisotopic (exact) mass is 446 g/mol. The maximum absolute atomic E-state index is 11.2. The SMILES string of the molecule is Br.Cc1nc(C)c(-c2csc(Nc3ccc(S(N)(=O)=O)cc3)n2)s1. The Morgan fingerprint density at radius 1 is 1.12 bits per heavy atom. The van der Waals surface area contributed by atoms with Gasteiger partial charge in [-0.3, -0.25) is 0 Å². The van der Waals surface area contributed by atoms with E-state index in [1.807, 2.05) is 19.2 Å². The van der Waals surface area contributed by atoms with E-state index < -0.39 is 10.0 Å². The molecule has 0 spiro atoms. The third-order valence-corrected chi connectivity index (χ3v) is 5.86. The van der Waals surface area contributed by atoms with Gasteiger partial charge in [-0.2, -0.15) is 0 Å². The lowest BCUT2D eigenvalue weighted by molar-refractivity contribution is 0.598. The van der Waals surface area contributed by atoms with Crippen LogP contribution in [0.5, 0.6) is 0 Å². The van der Waals surface area contributed by atoms with Gasteiger partial charge in [0, 0.05) is 11.1 Å². The first-order valence-electron chi connectivity index (χ1n) is 6.63. The average Bonchev–Trinajstić information content (AvgIpc) is 3.05. The number of hydrogen-bond acceptors (Lipinski definition) is 7. The fraction of sp³-hybridized carbons (Fsp3) is 0.143. The summed E-state index contributed by atoms with van der Waals surface area (Å²) in [7, 11) is -3.67. The Hall–Kier alpha value is -1.33. The van der Waals surface area contributed by atoms with Crippen LogP contribution in [-0.4, -0.2) is 18.4 Å². The molecular weight excluding hydrogens is 432 g/mol. The third kappa shape index (κ3) is 4.19. The van der Waals surface area contributed by atoms with E-state index in [-0.39, 0.29) is 21.9 Å². The molecule has 24 heavy (non-hydrogen) atoms. The van der Waals surface area contributed by atoms with Crippen LogP contribution in [0.25, 0.3) is 10.6 Å². The Labute approximate surface area is 158 Å². The average molecular weight is 447 g/mol. The molecule has 0 radical (unpaired) electrons. The zero-order chi connectivity index (χ0) is 16.6. The second-order valence-electron chi connectivity index (χ2n) is 4.88. The summed E-state index contributed by atoms with van der Waals surface area (Å²) < 4.78 is 22.5. The maximum atomic E-state index is 11.2. The summed E-state index contributed by atoms with van der Waals surface area (Å²) in [5.41, 5.74) is 2.61. The molecule has 10 heteroatoms. The number of primary sulfonamides is 1. The van der Waals surface area contributed by atoms with Crippen molar-refractivity contribution in [2.75, 3.05) is 5.32 Å². The number of rotatable bonds is 4. The molecule has 0 bridgehead atoms. The third-order valence-electron chi connectivity index (χ3n) is 3.07. The molecular formula is C14H15BrN4O2S3. The van der Waals surface area contributed by atoms with Gasteiger partial charge in [-0.05, 0) is 38.1 Å². The highest BCUT2D eigenvalue weighted by Gasteiger charge is 2.12. The predicted octanol–water partition coefficient (Wildman–Crippen LogP) is 3.85. The van der Waals surface area contributed by atoms with Crippen LogP contribution in [0, 0.1) is 13.8 Å². The zero-order valence-electron chi connectivity index (χ0n) is 12.8. The van der Waals surface area contributed by atoms with E-state index >= 15 is 0 Å². The molecule has 128 valence electrons. The first-order chi connectivity index (χ1) is 10.8. The first-order valence-corrected chi connectivity index (χ1v) is 9.87. The molecule has 0 saturated heterocycles. The number of halogens is 1. The van der Waals surface area contributed by atoms with Crippen molar-refractivity contribution in [3.05, 3.63) is 40.3 Å². The molecule has 0 saturated carbocycles. The number of benzene rings is 1. The molecule has 3 rings (SSSR count). The topological polar surface area (TPSA) is 98.0 Å². The lowest BCUT2D eigenvalue weighted by Gasteiger charge is -2.03. The molecule has 6 nitrogen and oxygen atoms in total. The number of sulfonamides is 1. The van der Waals surface area contributed by atoms with Gasteiger partial charge in [-0.15, -0.1) is 39.7 Å². The largest absolute Gasteiger partial charge is 0.332 e. The molecule has 0 aliphatic heterocycles. The molecule has 2 heterocycles. The first kappa shape index (κ1) is 19.0. The summed E-state index contributed by atoms with van der Waals surface area (Å²) in [6.07, 6.45) is 0. The molecule has 0 unspecified atom stereocenters. The molecule has 0 atom stereocenters. The normalized spacial score (nSPS) is 11.1. The lowest BCUT2D eigenvalue weighted by atomic mass is 10.3. The van der Waals surface area contributed by atoms with E-state index in [0.29, 0.717) is 0 Å². The smallest absolute Gasteiger partial charge is 0.238 e. The summed E-state index contributed by atoms with van der Waals surface area (Å²) in [4.78, 5) is 10.1. The Morgan fingerprint density at radius 3 is 2.33 bits per heavy atom. The quantitative estimate of drug-likeness (QED) is 0.633. The van der Waals surface area contributed by atoms with Gasteiger partial charge in [0.1, 0.15) is 0 Å². The van der Waals surface area contributed by atoms with Crippen molar-refractivity contribution in [3.63, 3.8) is 0 Å². The lowest BCUT2D eigenvalue weighted by Crippen LogP contribution is -2.11. The van der Waals surface area contributed by atoms with Crippen LogP contribution >= 0.6 is 39.7 Å². The van der Waals surface area contributed by atoms with Crippen LogP contribution in [0.1, 0.15) is 10.7 Å². The number of anilines is 2. The van der Waals surface area contributed by atoms with E-state index in [2.05, 4.69) is 15.3 Å². The minimum Gasteiger partial charge on any atom is -0.332 e. The minimum atomic E-state index is -3.67. The fourth-order valence-electron chi connectivity index (χ4n) is 2.06. The highest BCUT2D eigenvalue weighted by atomic mass is 79.9. The van der Waals surface area contributed by atoms with E-state index in [9.17, 15) is 8.42 Å². The van der Waals surface area contributed by atoms with Gasteiger partial charge >= 0.3 is 0 Å². The number of nitrogens with zero attached hydrogens (tertiary/aromatic N) is 2. The number of nitrogens with one attached hydrogen (secondary N) is 1. The second kappa shape index (κ2) is 7.28. The Balaban J connectivity index is 0.00000208. The van der Waals surface area contributed by atoms with Crippen LogP contribution in [-0.2, 0) is 10.0 Å². The zero-order valence-corrected chi connectivity index (χ0v) is 17.0. The van der Waals surface area contributed by atoms with E-state index in [1.54, 1.807) is 23.5 Å². The molecule has 0 aliphatic carbocycles. The molecule has 0 fully saturated rings. The standard InChI is InChI=1S/C14H14N4O2S3.BrH/c1-8-13(22-9(2)16-8)12-7-21-14(18-12)17-10-3-5-11(6-4-10)23(15,19)20;/h3-7H,1-2H3,(H,17,18)(H2,15,19,20);1H. The highest BCUT2D eigenvalue weighted by Crippen LogP contribution is 2.33. The van der Waals surface area contributed by atoms with E-state index in [4.69, 9.17) is 5.14 Å². The van der Waals surface area contributed by atoms with Gasteiger partial charge in [0.25, 0.3) is 0 Å². The van der Waals surface area contributed by atoms with Crippen LogP contribution in [0.2, 0.25) is 0 Å². The van der Waals surface area contributed by atoms with E-state index in [1.165, 1.54) is 23.5 Å². The van der Waals surface area contributed by atoms with Crippen LogP contribution in [0.3, 0.4) is 0 Å². The number of hydrogen-bond donors (Lipinski definition) is 2. The summed E-state index contributed by atoms with van der Waals surface area (Å²) in [5.74, 6) is 0. The van der Waals surface area contributed by atoms with Crippen molar-refractivity contribution in [3.8, 4) is 10.6 Å². The molecule has 0 amide bonds. The van der Waals surface area contributed by atoms with Gasteiger partial charge in [0.15, 0.2) is 5.13 Å². The number of aryl methyl sites for hydroxylation is 2. The minimum absolute atomic E-state index is 0. The van der Waals surface area contributed by atoms with Crippen molar-refractivity contribution < 1.29 is 8.42 Å². The summed E-state index contributed by atoms with van der Waals surface area (Å²) >= 11 is 3.10. The molecule has 0 aliphatic rings. The van der Waals surface area contributed by atoms with Crippen molar-refractivity contribution in [2.45, 2.75) is 18.7 Å². The van der Waals surface area contributed by atoms with Crippen molar-refractivity contribution in [2.24, 2.45) is 5.14 Å². The van der Waals surface area contributed by atoms with Crippen LogP contribution < -0.4 is 10.5 Å². The van der Waals surface area contributed by atoms with Crippen molar-refractivity contribution in [1.82, 2.24) is 9.97 Å². The van der Waals surface area contributed by atoms with Crippen molar-refractivity contribution in [1.29, 1.82) is 0 Å². The number of thiazole rings is 2.